The van der Waals surface area contributed by atoms with Gasteiger partial charge in [0.05, 0.1) is 10.5 Å². The molecule has 2 aliphatic heterocycles. The molecule has 1 aromatic carbocycles. The lowest BCUT2D eigenvalue weighted by molar-refractivity contribution is 0.169. The molecule has 0 aromatic heterocycles. The summed E-state index contributed by atoms with van der Waals surface area (Å²) in [6.45, 7) is 2.34. The molecule has 20 heavy (non-hydrogen) atoms. The Morgan fingerprint density at radius 1 is 1.15 bits per heavy atom. The molecule has 108 valence electrons. The highest BCUT2D eigenvalue weighted by Crippen LogP contribution is 2.45. The third-order valence-corrected chi connectivity index (χ3v) is 5.05. The third kappa shape index (κ3) is 2.12. The van der Waals surface area contributed by atoms with Gasteiger partial charge in [-0.05, 0) is 52.9 Å². The Labute approximate surface area is 127 Å². The first-order chi connectivity index (χ1) is 9.74. The predicted octanol–water partition coefficient (Wildman–Crippen LogP) is 2.46. The van der Waals surface area contributed by atoms with E-state index >= 15 is 0 Å². The molecule has 2 fully saturated rings. The Morgan fingerprint density at radius 2 is 1.95 bits per heavy atom. The van der Waals surface area contributed by atoms with Gasteiger partial charge in [0.25, 0.3) is 0 Å². The lowest BCUT2D eigenvalue weighted by Crippen LogP contribution is -2.33. The van der Waals surface area contributed by atoms with E-state index in [2.05, 4.69) is 33.0 Å². The van der Waals surface area contributed by atoms with Gasteiger partial charge in [-0.1, -0.05) is 0 Å². The van der Waals surface area contributed by atoms with Crippen LogP contribution in [0.3, 0.4) is 0 Å². The first-order valence-corrected chi connectivity index (χ1v) is 8.13. The lowest BCUT2D eigenvalue weighted by Gasteiger charge is -2.29. The zero-order chi connectivity index (χ0) is 13.7. The summed E-state index contributed by atoms with van der Waals surface area (Å²) in [4.78, 5) is 2.57. The van der Waals surface area contributed by atoms with Crippen molar-refractivity contribution in [1.29, 1.82) is 0 Å². The molecular formula is C15H19BrN2O2. The molecule has 2 N–H and O–H groups in total. The number of halogens is 1. The highest BCUT2D eigenvalue weighted by molar-refractivity contribution is 9.10. The second kappa shape index (κ2) is 4.90. The van der Waals surface area contributed by atoms with Crippen LogP contribution in [0.25, 0.3) is 0 Å². The normalized spacial score (nSPS) is 29.7. The van der Waals surface area contributed by atoms with Gasteiger partial charge in [0, 0.05) is 18.6 Å². The summed E-state index contributed by atoms with van der Waals surface area (Å²) in [7, 11) is 0. The summed E-state index contributed by atoms with van der Waals surface area (Å²) >= 11 is 3.61. The topological polar surface area (TPSA) is 47.7 Å². The maximum Gasteiger partial charge on any atom is 0.175 e. The maximum atomic E-state index is 6.36. The van der Waals surface area contributed by atoms with Crippen molar-refractivity contribution in [3.63, 3.8) is 0 Å². The van der Waals surface area contributed by atoms with Crippen molar-refractivity contribution in [3.05, 3.63) is 22.2 Å². The van der Waals surface area contributed by atoms with Crippen LogP contribution in [0, 0.1) is 0 Å². The van der Waals surface area contributed by atoms with Gasteiger partial charge in [0.1, 0.15) is 13.2 Å². The van der Waals surface area contributed by atoms with Crippen LogP contribution in [0.5, 0.6) is 11.5 Å². The zero-order valence-electron chi connectivity index (χ0n) is 11.3. The highest BCUT2D eigenvalue weighted by atomic mass is 79.9. The van der Waals surface area contributed by atoms with Crippen LogP contribution >= 0.6 is 15.9 Å². The number of hydrogen-bond acceptors (Lipinski definition) is 4. The van der Waals surface area contributed by atoms with E-state index in [0.717, 1.165) is 35.0 Å². The standard InChI is InChI=1S/C15H19BrN2O2/c16-11-7-9(8-13-15(11)20-6-5-19-13)14-12(17)3-4-18(14)10-1-2-10/h7-8,10,12,14H,1-6,17H2. The van der Waals surface area contributed by atoms with Gasteiger partial charge < -0.3 is 15.2 Å². The van der Waals surface area contributed by atoms with E-state index in [1.165, 1.54) is 18.4 Å². The van der Waals surface area contributed by atoms with Crippen LogP contribution in [-0.4, -0.2) is 36.7 Å². The van der Waals surface area contributed by atoms with E-state index in [1.807, 2.05) is 0 Å². The Balaban J connectivity index is 1.71. The molecule has 1 saturated heterocycles. The molecule has 2 unspecified atom stereocenters. The molecule has 1 aromatic rings. The first kappa shape index (κ1) is 12.9. The van der Waals surface area contributed by atoms with Crippen molar-refractivity contribution >= 4 is 15.9 Å². The molecule has 1 aliphatic carbocycles. The van der Waals surface area contributed by atoms with Crippen molar-refractivity contribution in [1.82, 2.24) is 4.90 Å². The van der Waals surface area contributed by atoms with E-state index in [1.54, 1.807) is 0 Å². The molecule has 2 atom stereocenters. The van der Waals surface area contributed by atoms with Gasteiger partial charge in [-0.25, -0.2) is 0 Å². The Kier molecular flexibility index (Phi) is 3.16. The van der Waals surface area contributed by atoms with Gasteiger partial charge in [-0.3, -0.25) is 4.90 Å². The van der Waals surface area contributed by atoms with Crippen LogP contribution in [0.15, 0.2) is 16.6 Å². The summed E-state index contributed by atoms with van der Waals surface area (Å²) in [5.74, 6) is 1.67. The Bertz CT molecular complexity index is 533. The largest absolute Gasteiger partial charge is 0.486 e. The van der Waals surface area contributed by atoms with E-state index in [0.29, 0.717) is 19.3 Å². The van der Waals surface area contributed by atoms with E-state index < -0.39 is 0 Å². The molecule has 4 nitrogen and oxygen atoms in total. The van der Waals surface area contributed by atoms with E-state index in [9.17, 15) is 0 Å². The number of nitrogens with two attached hydrogens (primary N) is 1. The SMILES string of the molecule is NC1CCN(C2CC2)C1c1cc(Br)c2c(c1)OCCO2. The minimum Gasteiger partial charge on any atom is -0.486 e. The van der Waals surface area contributed by atoms with Gasteiger partial charge in [-0.15, -0.1) is 0 Å². The van der Waals surface area contributed by atoms with Crippen LogP contribution in [-0.2, 0) is 0 Å². The molecular weight excluding hydrogens is 320 g/mol. The Morgan fingerprint density at radius 3 is 2.75 bits per heavy atom. The van der Waals surface area contributed by atoms with Crippen molar-refractivity contribution in [2.45, 2.75) is 37.4 Å². The summed E-state index contributed by atoms with van der Waals surface area (Å²) in [5.41, 5.74) is 7.61. The van der Waals surface area contributed by atoms with E-state index in [-0.39, 0.29) is 6.04 Å². The third-order valence-electron chi connectivity index (χ3n) is 4.46. The fraction of sp³-hybridized carbons (Fsp3) is 0.600. The van der Waals surface area contributed by atoms with Crippen molar-refractivity contribution in [2.24, 2.45) is 5.73 Å². The molecule has 0 radical (unpaired) electrons. The summed E-state index contributed by atoms with van der Waals surface area (Å²) in [6.07, 6.45) is 3.71. The van der Waals surface area contributed by atoms with Crippen molar-refractivity contribution < 1.29 is 9.47 Å². The van der Waals surface area contributed by atoms with Crippen molar-refractivity contribution in [2.75, 3.05) is 19.8 Å². The number of nitrogens with zero attached hydrogens (tertiary/aromatic N) is 1. The number of hydrogen-bond donors (Lipinski definition) is 1. The fourth-order valence-electron chi connectivity index (χ4n) is 3.40. The number of likely N-dealkylation sites (tertiary alicyclic amines) is 1. The average Bonchev–Trinajstić information content (AvgIpc) is 3.22. The Hall–Kier alpha value is -0.780. The second-order valence-corrected chi connectivity index (χ2v) is 6.75. The number of benzene rings is 1. The highest BCUT2D eigenvalue weighted by Gasteiger charge is 2.41. The summed E-state index contributed by atoms with van der Waals surface area (Å²) < 4.78 is 12.4. The quantitative estimate of drug-likeness (QED) is 0.899. The lowest BCUT2D eigenvalue weighted by atomic mass is 10.00. The number of fused-ring (bicyclic) bond motifs is 1. The molecule has 0 spiro atoms. The number of rotatable bonds is 2. The maximum absolute atomic E-state index is 6.36. The minimum absolute atomic E-state index is 0.213. The molecule has 4 rings (SSSR count). The fourth-order valence-corrected chi connectivity index (χ4v) is 3.97. The average molecular weight is 339 g/mol. The minimum atomic E-state index is 0.213. The van der Waals surface area contributed by atoms with Crippen LogP contribution < -0.4 is 15.2 Å². The van der Waals surface area contributed by atoms with Gasteiger partial charge in [-0.2, -0.15) is 0 Å². The summed E-state index contributed by atoms with van der Waals surface area (Å²) in [5, 5.41) is 0. The van der Waals surface area contributed by atoms with Crippen molar-refractivity contribution in [3.8, 4) is 11.5 Å². The summed E-state index contributed by atoms with van der Waals surface area (Å²) in [6, 6.07) is 5.53. The molecule has 1 saturated carbocycles. The molecule has 3 aliphatic rings. The molecule has 0 bridgehead atoms. The van der Waals surface area contributed by atoms with E-state index in [4.69, 9.17) is 15.2 Å². The predicted molar refractivity (Wildman–Crippen MR) is 80.2 cm³/mol. The molecule has 0 amide bonds. The van der Waals surface area contributed by atoms with Gasteiger partial charge in [0.2, 0.25) is 0 Å². The first-order valence-electron chi connectivity index (χ1n) is 7.34. The second-order valence-electron chi connectivity index (χ2n) is 5.89. The smallest absolute Gasteiger partial charge is 0.175 e. The molecule has 5 heteroatoms. The van der Waals surface area contributed by atoms with Gasteiger partial charge >= 0.3 is 0 Å². The van der Waals surface area contributed by atoms with Gasteiger partial charge in [0.15, 0.2) is 11.5 Å². The number of ether oxygens (including phenoxy) is 2. The van der Waals surface area contributed by atoms with Crippen LogP contribution in [0.4, 0.5) is 0 Å². The zero-order valence-corrected chi connectivity index (χ0v) is 12.9. The monoisotopic (exact) mass is 338 g/mol. The van der Waals surface area contributed by atoms with Crippen LogP contribution in [0.1, 0.15) is 30.9 Å². The van der Waals surface area contributed by atoms with Crippen LogP contribution in [0.2, 0.25) is 0 Å². The molecule has 2 heterocycles.